The Morgan fingerprint density at radius 3 is 1.82 bits per heavy atom. The molecule has 0 heterocycles. The number of carbonyl (C=O) groups is 5. The third kappa shape index (κ3) is 12.7. The number of amides is 4. The maximum Gasteiger partial charge on any atom is 0.312 e. The molecule has 2 atom stereocenters. The third-order valence-corrected chi connectivity index (χ3v) is 5.50. The Labute approximate surface area is 204 Å². The normalized spacial score (nSPS) is 13.7. The molecule has 0 fully saturated rings. The largest absolute Gasteiger partial charge is 0.352 e. The highest BCUT2D eigenvalue weighted by molar-refractivity contribution is 5.95. The second kappa shape index (κ2) is 14.1. The molecule has 196 valence electrons. The van der Waals surface area contributed by atoms with Gasteiger partial charge in [-0.05, 0) is 31.6 Å². The van der Waals surface area contributed by atoms with Gasteiger partial charge in [0.05, 0.1) is 6.04 Å². The lowest BCUT2D eigenvalue weighted by Crippen LogP contribution is -2.55. The van der Waals surface area contributed by atoms with Crippen LogP contribution >= 0.6 is 0 Å². The smallest absolute Gasteiger partial charge is 0.312 e. The molecule has 0 unspecified atom stereocenters. The number of hydrogen-bond donors (Lipinski definition) is 4. The van der Waals surface area contributed by atoms with E-state index >= 15 is 0 Å². The number of nitrogens with two attached hydrogens (primary N) is 1. The van der Waals surface area contributed by atoms with Crippen molar-refractivity contribution < 1.29 is 24.0 Å². The van der Waals surface area contributed by atoms with Crippen LogP contribution in [0.1, 0.15) is 93.9 Å². The Morgan fingerprint density at radius 2 is 1.35 bits per heavy atom. The van der Waals surface area contributed by atoms with Crippen LogP contribution < -0.4 is 21.7 Å². The minimum atomic E-state index is -0.789. The van der Waals surface area contributed by atoms with Gasteiger partial charge in [-0.1, -0.05) is 55.4 Å². The maximum atomic E-state index is 13.0. The SMILES string of the molecule is CC(C)[C@H](NC(=O)CCCCC(=O)C(C)(C)C)C(=O)N[C@@H](CCCNC(N)=O)C(=O)C(C)(C)C. The summed E-state index contributed by atoms with van der Waals surface area (Å²) in [7, 11) is 0. The monoisotopic (exact) mass is 482 g/mol. The molecule has 0 bridgehead atoms. The van der Waals surface area contributed by atoms with E-state index in [4.69, 9.17) is 5.73 Å². The molecule has 0 aliphatic heterocycles. The average Bonchev–Trinajstić information content (AvgIpc) is 2.68. The Morgan fingerprint density at radius 1 is 0.794 bits per heavy atom. The number of rotatable bonds is 14. The van der Waals surface area contributed by atoms with E-state index in [-0.39, 0.29) is 35.2 Å². The summed E-state index contributed by atoms with van der Waals surface area (Å²) in [5, 5.41) is 8.06. The van der Waals surface area contributed by atoms with Crippen LogP contribution in [-0.4, -0.2) is 48.0 Å². The summed E-state index contributed by atoms with van der Waals surface area (Å²) in [6.45, 7) is 14.9. The molecule has 0 spiro atoms. The van der Waals surface area contributed by atoms with E-state index in [0.29, 0.717) is 38.6 Å². The molecule has 0 saturated heterocycles. The van der Waals surface area contributed by atoms with Gasteiger partial charge in [0.15, 0.2) is 5.78 Å². The van der Waals surface area contributed by atoms with Gasteiger partial charge in [0.1, 0.15) is 11.8 Å². The standard InChI is InChI=1S/C25H46N4O5/c1-16(2)20(29-19(31)14-10-9-13-18(30)24(3,4)5)22(33)28-17(21(32)25(6,7)8)12-11-15-27-23(26)34/h16-17,20H,9-15H2,1-8H3,(H,28,33)(H,29,31)(H3,26,27,34)/t17-,20-/m0/s1. The third-order valence-electron chi connectivity index (χ3n) is 5.50. The summed E-state index contributed by atoms with van der Waals surface area (Å²) in [5.74, 6) is -0.836. The summed E-state index contributed by atoms with van der Waals surface area (Å²) in [6.07, 6.45) is 2.61. The number of unbranched alkanes of at least 4 members (excludes halogenated alkanes) is 1. The number of Topliss-reactive ketones (excluding diaryl/α,β-unsaturated/α-hetero) is 2. The highest BCUT2D eigenvalue weighted by Gasteiger charge is 2.33. The molecule has 9 nitrogen and oxygen atoms in total. The van der Waals surface area contributed by atoms with Crippen molar-refractivity contribution in [2.75, 3.05) is 6.54 Å². The zero-order valence-corrected chi connectivity index (χ0v) is 22.3. The highest BCUT2D eigenvalue weighted by Crippen LogP contribution is 2.20. The van der Waals surface area contributed by atoms with E-state index in [2.05, 4.69) is 16.0 Å². The molecule has 0 radical (unpaired) electrons. The molecule has 0 aromatic heterocycles. The molecule has 0 aliphatic carbocycles. The van der Waals surface area contributed by atoms with Gasteiger partial charge in [0.2, 0.25) is 11.8 Å². The van der Waals surface area contributed by atoms with E-state index in [1.807, 2.05) is 34.6 Å². The number of ketones is 2. The number of nitrogens with one attached hydrogen (secondary N) is 3. The van der Waals surface area contributed by atoms with Crippen molar-refractivity contribution in [2.24, 2.45) is 22.5 Å². The summed E-state index contributed by atoms with van der Waals surface area (Å²) >= 11 is 0. The fraction of sp³-hybridized carbons (Fsp3) is 0.800. The lowest BCUT2D eigenvalue weighted by Gasteiger charge is -2.28. The minimum Gasteiger partial charge on any atom is -0.352 e. The zero-order chi connectivity index (χ0) is 26.7. The van der Waals surface area contributed by atoms with Crippen LogP contribution in [0.5, 0.6) is 0 Å². The molecule has 0 aromatic carbocycles. The highest BCUT2D eigenvalue weighted by atomic mass is 16.2. The van der Waals surface area contributed by atoms with Crippen LogP contribution in [0.15, 0.2) is 0 Å². The van der Waals surface area contributed by atoms with E-state index in [0.717, 1.165) is 0 Å². The average molecular weight is 483 g/mol. The van der Waals surface area contributed by atoms with E-state index < -0.39 is 29.4 Å². The predicted molar refractivity (Wildman–Crippen MR) is 133 cm³/mol. The molecule has 0 aromatic rings. The van der Waals surface area contributed by atoms with Crippen molar-refractivity contribution >= 4 is 29.4 Å². The number of hydrogen-bond acceptors (Lipinski definition) is 5. The first-order chi connectivity index (χ1) is 15.5. The van der Waals surface area contributed by atoms with Crippen molar-refractivity contribution in [3.63, 3.8) is 0 Å². The number of urea groups is 1. The van der Waals surface area contributed by atoms with Crippen LogP contribution in [0, 0.1) is 16.7 Å². The van der Waals surface area contributed by atoms with Gasteiger partial charge in [0, 0.05) is 30.2 Å². The first kappa shape index (κ1) is 31.6. The quantitative estimate of drug-likeness (QED) is 0.281. The van der Waals surface area contributed by atoms with Crippen LogP contribution in [-0.2, 0) is 19.2 Å². The zero-order valence-electron chi connectivity index (χ0n) is 22.3. The molecule has 9 heteroatoms. The predicted octanol–water partition coefficient (Wildman–Crippen LogP) is 2.85. The van der Waals surface area contributed by atoms with Crippen LogP contribution in [0.3, 0.4) is 0 Å². The number of primary amides is 1. The second-order valence-electron chi connectivity index (χ2n) is 11.3. The molecular weight excluding hydrogens is 436 g/mol. The lowest BCUT2D eigenvalue weighted by atomic mass is 9.84. The molecular formula is C25H46N4O5. The number of carbonyl (C=O) groups excluding carboxylic acids is 5. The van der Waals surface area contributed by atoms with Crippen molar-refractivity contribution in [1.29, 1.82) is 0 Å². The van der Waals surface area contributed by atoms with E-state index in [9.17, 15) is 24.0 Å². The fourth-order valence-electron chi connectivity index (χ4n) is 3.30. The Balaban J connectivity index is 5.00. The van der Waals surface area contributed by atoms with Gasteiger partial charge in [-0.25, -0.2) is 4.79 Å². The van der Waals surface area contributed by atoms with Gasteiger partial charge in [-0.15, -0.1) is 0 Å². The Kier molecular flexibility index (Phi) is 13.1. The molecule has 5 N–H and O–H groups in total. The molecule has 4 amide bonds. The van der Waals surface area contributed by atoms with Crippen LogP contribution in [0.2, 0.25) is 0 Å². The topological polar surface area (TPSA) is 147 Å². The fourth-order valence-corrected chi connectivity index (χ4v) is 3.30. The van der Waals surface area contributed by atoms with Crippen molar-refractivity contribution in [3.8, 4) is 0 Å². The first-order valence-electron chi connectivity index (χ1n) is 12.2. The van der Waals surface area contributed by atoms with Gasteiger partial charge < -0.3 is 21.7 Å². The van der Waals surface area contributed by atoms with Crippen molar-refractivity contribution in [3.05, 3.63) is 0 Å². The Bertz CT molecular complexity index is 720. The van der Waals surface area contributed by atoms with Gasteiger partial charge in [-0.3, -0.25) is 19.2 Å². The lowest BCUT2D eigenvalue weighted by molar-refractivity contribution is -0.135. The second-order valence-corrected chi connectivity index (χ2v) is 11.3. The van der Waals surface area contributed by atoms with Crippen LogP contribution in [0.25, 0.3) is 0 Å². The summed E-state index contributed by atoms with van der Waals surface area (Å²) < 4.78 is 0. The first-order valence-corrected chi connectivity index (χ1v) is 12.2. The summed E-state index contributed by atoms with van der Waals surface area (Å²) in [5.41, 5.74) is 4.01. The van der Waals surface area contributed by atoms with Crippen molar-refractivity contribution in [1.82, 2.24) is 16.0 Å². The molecule has 0 saturated carbocycles. The summed E-state index contributed by atoms with van der Waals surface area (Å²) in [4.78, 5) is 61.3. The molecule has 34 heavy (non-hydrogen) atoms. The summed E-state index contributed by atoms with van der Waals surface area (Å²) in [6, 6.07) is -2.18. The van der Waals surface area contributed by atoms with E-state index in [1.165, 1.54) is 0 Å². The van der Waals surface area contributed by atoms with Crippen molar-refractivity contribution in [2.45, 2.75) is 106 Å². The Hall–Kier alpha value is -2.45. The van der Waals surface area contributed by atoms with E-state index in [1.54, 1.807) is 20.8 Å². The molecule has 0 rings (SSSR count). The minimum absolute atomic E-state index is 0.128. The van der Waals surface area contributed by atoms with Gasteiger partial charge in [-0.2, -0.15) is 0 Å². The van der Waals surface area contributed by atoms with Gasteiger partial charge in [0.25, 0.3) is 0 Å². The van der Waals surface area contributed by atoms with Crippen LogP contribution in [0.4, 0.5) is 4.79 Å². The van der Waals surface area contributed by atoms with Gasteiger partial charge >= 0.3 is 6.03 Å². The maximum absolute atomic E-state index is 13.0. The molecule has 0 aliphatic rings.